The quantitative estimate of drug-likeness (QED) is 0.916. The molecular weight excluding hydrogens is 272 g/mol. The zero-order valence-electron chi connectivity index (χ0n) is 9.79. The van der Waals surface area contributed by atoms with E-state index >= 15 is 0 Å². The maximum atomic E-state index is 12.9. The number of hydrogen-bond donors (Lipinski definition) is 1. The molecule has 0 atom stereocenters. The molecule has 1 N–H and O–H groups in total. The largest absolute Gasteiger partial charge is 0.348 e. The molecule has 0 aliphatic heterocycles. The minimum atomic E-state index is -0.504. The van der Waals surface area contributed by atoms with Crippen LogP contribution in [0, 0.1) is 11.6 Å². The van der Waals surface area contributed by atoms with Crippen LogP contribution >= 0.6 is 11.6 Å². The van der Waals surface area contributed by atoms with Crippen molar-refractivity contribution in [2.24, 2.45) is 0 Å². The zero-order chi connectivity index (χ0) is 13.8. The molecule has 2 aromatic carbocycles. The second-order valence-electron chi connectivity index (χ2n) is 3.94. The minimum absolute atomic E-state index is 0.00790. The van der Waals surface area contributed by atoms with Crippen LogP contribution in [-0.2, 0) is 6.54 Å². The zero-order valence-corrected chi connectivity index (χ0v) is 10.5. The van der Waals surface area contributed by atoms with Crippen LogP contribution in [0.2, 0.25) is 5.02 Å². The molecule has 0 unspecified atom stereocenters. The van der Waals surface area contributed by atoms with Gasteiger partial charge in [0.2, 0.25) is 0 Å². The van der Waals surface area contributed by atoms with Gasteiger partial charge in [0.05, 0.1) is 5.02 Å². The van der Waals surface area contributed by atoms with Gasteiger partial charge >= 0.3 is 0 Å². The molecule has 2 aromatic rings. The first kappa shape index (κ1) is 13.5. The van der Waals surface area contributed by atoms with E-state index in [1.165, 1.54) is 42.5 Å². The Morgan fingerprint density at radius 1 is 1.11 bits per heavy atom. The summed E-state index contributed by atoms with van der Waals surface area (Å²) in [6.07, 6.45) is 0. The van der Waals surface area contributed by atoms with Crippen molar-refractivity contribution >= 4 is 17.5 Å². The third kappa shape index (κ3) is 3.51. The fraction of sp³-hybridized carbons (Fsp3) is 0.0714. The highest BCUT2D eigenvalue weighted by molar-refractivity contribution is 6.30. The predicted molar refractivity (Wildman–Crippen MR) is 69.0 cm³/mol. The molecule has 5 heteroatoms. The van der Waals surface area contributed by atoms with Gasteiger partial charge in [-0.2, -0.15) is 0 Å². The van der Waals surface area contributed by atoms with Crippen molar-refractivity contribution in [2.45, 2.75) is 6.54 Å². The van der Waals surface area contributed by atoms with Crippen LogP contribution in [0.5, 0.6) is 0 Å². The van der Waals surface area contributed by atoms with E-state index in [1.54, 1.807) is 0 Å². The fourth-order valence-electron chi connectivity index (χ4n) is 1.54. The summed E-state index contributed by atoms with van der Waals surface area (Å²) in [5.74, 6) is -1.24. The monoisotopic (exact) mass is 281 g/mol. The van der Waals surface area contributed by atoms with Gasteiger partial charge in [0.25, 0.3) is 5.91 Å². The Bertz CT molecular complexity index is 599. The van der Waals surface area contributed by atoms with Crippen LogP contribution in [0.1, 0.15) is 15.9 Å². The highest BCUT2D eigenvalue weighted by atomic mass is 35.5. The summed E-state index contributed by atoms with van der Waals surface area (Å²) in [6.45, 7) is 0.218. The van der Waals surface area contributed by atoms with Gasteiger partial charge in [-0.05, 0) is 42.0 Å². The van der Waals surface area contributed by atoms with Gasteiger partial charge in [0.1, 0.15) is 11.6 Å². The molecule has 1 amide bonds. The number of rotatable bonds is 3. The third-order valence-corrected chi connectivity index (χ3v) is 2.83. The van der Waals surface area contributed by atoms with Crippen LogP contribution in [0.3, 0.4) is 0 Å². The third-order valence-electron chi connectivity index (χ3n) is 2.54. The standard InChI is InChI=1S/C14H10ClF2NO/c15-12-7-9(1-6-13(12)17)8-18-14(19)10-2-4-11(16)5-3-10/h1-7H,8H2,(H,18,19). The Morgan fingerprint density at radius 3 is 2.42 bits per heavy atom. The summed E-state index contributed by atoms with van der Waals surface area (Å²) in [6, 6.07) is 9.42. The molecule has 0 aliphatic carbocycles. The van der Waals surface area contributed by atoms with E-state index in [0.717, 1.165) is 0 Å². The van der Waals surface area contributed by atoms with E-state index in [-0.39, 0.29) is 17.5 Å². The van der Waals surface area contributed by atoms with Gasteiger partial charge in [-0.25, -0.2) is 8.78 Å². The summed E-state index contributed by atoms with van der Waals surface area (Å²) >= 11 is 5.63. The highest BCUT2D eigenvalue weighted by Crippen LogP contribution is 2.15. The van der Waals surface area contributed by atoms with E-state index in [0.29, 0.717) is 11.1 Å². The van der Waals surface area contributed by atoms with Crippen LogP contribution in [0.4, 0.5) is 8.78 Å². The van der Waals surface area contributed by atoms with E-state index in [2.05, 4.69) is 5.32 Å². The lowest BCUT2D eigenvalue weighted by atomic mass is 10.2. The summed E-state index contributed by atoms with van der Waals surface area (Å²) in [4.78, 5) is 11.7. The topological polar surface area (TPSA) is 29.1 Å². The van der Waals surface area contributed by atoms with E-state index in [4.69, 9.17) is 11.6 Å². The summed E-state index contributed by atoms with van der Waals surface area (Å²) in [7, 11) is 0. The SMILES string of the molecule is O=C(NCc1ccc(F)c(Cl)c1)c1ccc(F)cc1. The number of amides is 1. The number of halogens is 3. The Morgan fingerprint density at radius 2 is 1.79 bits per heavy atom. The van der Waals surface area contributed by atoms with E-state index < -0.39 is 11.6 Å². The van der Waals surface area contributed by atoms with Crippen LogP contribution in [0.25, 0.3) is 0 Å². The van der Waals surface area contributed by atoms with Crippen molar-refractivity contribution in [3.8, 4) is 0 Å². The van der Waals surface area contributed by atoms with Crippen molar-refractivity contribution in [3.05, 3.63) is 70.2 Å². The Labute approximate surface area is 114 Å². The van der Waals surface area contributed by atoms with Gasteiger partial charge in [-0.3, -0.25) is 4.79 Å². The smallest absolute Gasteiger partial charge is 0.251 e. The lowest BCUT2D eigenvalue weighted by Crippen LogP contribution is -2.22. The Balaban J connectivity index is 2.00. The fourth-order valence-corrected chi connectivity index (χ4v) is 1.74. The van der Waals surface area contributed by atoms with Gasteiger partial charge in [-0.1, -0.05) is 17.7 Å². The summed E-state index contributed by atoms with van der Waals surface area (Å²) in [5.41, 5.74) is 1.04. The molecular formula is C14H10ClF2NO. The molecule has 98 valence electrons. The molecule has 0 bridgehead atoms. The van der Waals surface area contributed by atoms with Gasteiger partial charge in [0, 0.05) is 12.1 Å². The maximum absolute atomic E-state index is 12.9. The molecule has 0 heterocycles. The molecule has 0 fully saturated rings. The number of benzene rings is 2. The summed E-state index contributed by atoms with van der Waals surface area (Å²) < 4.78 is 25.6. The molecule has 2 rings (SSSR count). The van der Waals surface area contributed by atoms with Crippen molar-refractivity contribution < 1.29 is 13.6 Å². The second kappa shape index (κ2) is 5.80. The van der Waals surface area contributed by atoms with E-state index in [1.807, 2.05) is 0 Å². The lowest BCUT2D eigenvalue weighted by molar-refractivity contribution is 0.0951. The van der Waals surface area contributed by atoms with Crippen LogP contribution in [-0.4, -0.2) is 5.91 Å². The van der Waals surface area contributed by atoms with Crippen molar-refractivity contribution in [1.29, 1.82) is 0 Å². The Kier molecular flexibility index (Phi) is 4.12. The van der Waals surface area contributed by atoms with Crippen molar-refractivity contribution in [1.82, 2.24) is 5.32 Å². The molecule has 0 aromatic heterocycles. The lowest BCUT2D eigenvalue weighted by Gasteiger charge is -2.06. The number of carbonyl (C=O) groups is 1. The molecule has 0 saturated carbocycles. The molecule has 0 aliphatic rings. The first-order valence-corrected chi connectivity index (χ1v) is 5.92. The molecule has 2 nitrogen and oxygen atoms in total. The van der Waals surface area contributed by atoms with E-state index in [9.17, 15) is 13.6 Å². The molecule has 19 heavy (non-hydrogen) atoms. The average Bonchev–Trinajstić information content (AvgIpc) is 2.40. The molecule has 0 saturated heterocycles. The average molecular weight is 282 g/mol. The normalized spacial score (nSPS) is 10.3. The predicted octanol–water partition coefficient (Wildman–Crippen LogP) is 3.55. The van der Waals surface area contributed by atoms with Gasteiger partial charge in [0.15, 0.2) is 0 Å². The van der Waals surface area contributed by atoms with Crippen LogP contribution < -0.4 is 5.32 Å². The minimum Gasteiger partial charge on any atom is -0.348 e. The highest BCUT2D eigenvalue weighted by Gasteiger charge is 2.06. The first-order valence-electron chi connectivity index (χ1n) is 5.54. The first-order chi connectivity index (χ1) is 9.06. The Hall–Kier alpha value is -1.94. The maximum Gasteiger partial charge on any atom is 0.251 e. The molecule has 0 radical (unpaired) electrons. The number of nitrogens with one attached hydrogen (secondary N) is 1. The number of carbonyl (C=O) groups excluding carboxylic acids is 1. The van der Waals surface area contributed by atoms with Gasteiger partial charge in [-0.15, -0.1) is 0 Å². The van der Waals surface area contributed by atoms with Gasteiger partial charge < -0.3 is 5.32 Å². The second-order valence-corrected chi connectivity index (χ2v) is 4.35. The van der Waals surface area contributed by atoms with Crippen LogP contribution in [0.15, 0.2) is 42.5 Å². The summed E-state index contributed by atoms with van der Waals surface area (Å²) in [5, 5.41) is 2.65. The van der Waals surface area contributed by atoms with Crippen molar-refractivity contribution in [2.75, 3.05) is 0 Å². The molecule has 0 spiro atoms. The van der Waals surface area contributed by atoms with Crippen molar-refractivity contribution in [3.63, 3.8) is 0 Å². The number of hydrogen-bond acceptors (Lipinski definition) is 1.